The molecular weight excluding hydrogens is 224 g/mol. The van der Waals surface area contributed by atoms with Crippen molar-refractivity contribution in [3.05, 3.63) is 6.33 Å². The summed E-state index contributed by atoms with van der Waals surface area (Å²) in [6, 6.07) is 0. The van der Waals surface area contributed by atoms with E-state index in [0.717, 1.165) is 0 Å². The standard InChI is InChI=1S/C9H14N6O2/c1-16-4-6(17-2)3-15-9-7(13-14-15)8(10)11-5-12-9/h5-6H,3-4H2,1-2H3,(H2,10,11,12). The van der Waals surface area contributed by atoms with Crippen LogP contribution in [0.1, 0.15) is 0 Å². The molecule has 2 aromatic rings. The Labute approximate surface area is 97.7 Å². The van der Waals surface area contributed by atoms with Crippen LogP contribution in [-0.4, -0.2) is 51.9 Å². The number of nitrogen functional groups attached to an aromatic ring is 1. The lowest BCUT2D eigenvalue weighted by Crippen LogP contribution is -2.24. The smallest absolute Gasteiger partial charge is 0.183 e. The summed E-state index contributed by atoms with van der Waals surface area (Å²) in [5.41, 5.74) is 6.76. The van der Waals surface area contributed by atoms with E-state index in [4.69, 9.17) is 15.2 Å². The van der Waals surface area contributed by atoms with Crippen molar-refractivity contribution < 1.29 is 9.47 Å². The highest BCUT2D eigenvalue weighted by atomic mass is 16.5. The number of ether oxygens (including phenoxy) is 2. The molecule has 17 heavy (non-hydrogen) atoms. The molecule has 0 aliphatic heterocycles. The van der Waals surface area contributed by atoms with E-state index in [1.807, 2.05) is 0 Å². The molecule has 0 saturated heterocycles. The Morgan fingerprint density at radius 3 is 2.94 bits per heavy atom. The number of anilines is 1. The molecule has 0 aromatic carbocycles. The van der Waals surface area contributed by atoms with Crippen molar-refractivity contribution >= 4 is 17.0 Å². The van der Waals surface area contributed by atoms with Gasteiger partial charge in [-0.15, -0.1) is 5.10 Å². The first-order valence-electron chi connectivity index (χ1n) is 5.07. The fourth-order valence-corrected chi connectivity index (χ4v) is 1.51. The number of nitrogens with two attached hydrogens (primary N) is 1. The average Bonchev–Trinajstić information content (AvgIpc) is 2.73. The molecule has 2 heterocycles. The highest BCUT2D eigenvalue weighted by Gasteiger charge is 2.14. The van der Waals surface area contributed by atoms with E-state index >= 15 is 0 Å². The number of nitrogens with zero attached hydrogens (tertiary/aromatic N) is 5. The van der Waals surface area contributed by atoms with Crippen LogP contribution in [0, 0.1) is 0 Å². The number of fused-ring (bicyclic) bond motifs is 1. The molecule has 2 aromatic heterocycles. The van der Waals surface area contributed by atoms with Gasteiger partial charge in [-0.25, -0.2) is 14.6 Å². The van der Waals surface area contributed by atoms with Crippen LogP contribution in [0.5, 0.6) is 0 Å². The van der Waals surface area contributed by atoms with Gasteiger partial charge in [-0.2, -0.15) is 0 Å². The van der Waals surface area contributed by atoms with E-state index in [1.165, 1.54) is 6.33 Å². The predicted octanol–water partition coefficient (Wildman–Crippen LogP) is -0.535. The predicted molar refractivity (Wildman–Crippen MR) is 60.2 cm³/mol. The zero-order chi connectivity index (χ0) is 12.3. The third kappa shape index (κ3) is 2.32. The number of methoxy groups -OCH3 is 2. The van der Waals surface area contributed by atoms with Crippen molar-refractivity contribution in [1.82, 2.24) is 25.0 Å². The molecule has 1 unspecified atom stereocenters. The Bertz CT molecular complexity index is 499. The molecule has 8 heteroatoms. The highest BCUT2D eigenvalue weighted by Crippen LogP contribution is 2.12. The van der Waals surface area contributed by atoms with Gasteiger partial charge in [0.25, 0.3) is 0 Å². The van der Waals surface area contributed by atoms with Gasteiger partial charge < -0.3 is 15.2 Å². The van der Waals surface area contributed by atoms with Gasteiger partial charge in [0.1, 0.15) is 12.4 Å². The molecule has 0 radical (unpaired) electrons. The largest absolute Gasteiger partial charge is 0.382 e. The van der Waals surface area contributed by atoms with Crippen molar-refractivity contribution in [2.75, 3.05) is 26.6 Å². The normalized spacial score (nSPS) is 13.1. The fraction of sp³-hybridized carbons (Fsp3) is 0.556. The summed E-state index contributed by atoms with van der Waals surface area (Å²) in [6.07, 6.45) is 1.27. The summed E-state index contributed by atoms with van der Waals surface area (Å²) < 4.78 is 11.9. The van der Waals surface area contributed by atoms with Crippen LogP contribution >= 0.6 is 0 Å². The lowest BCUT2D eigenvalue weighted by molar-refractivity contribution is 0.0167. The summed E-state index contributed by atoms with van der Waals surface area (Å²) >= 11 is 0. The number of hydrogen-bond acceptors (Lipinski definition) is 7. The second kappa shape index (κ2) is 5.02. The topological polar surface area (TPSA) is 101 Å². The molecular formula is C9H14N6O2. The van der Waals surface area contributed by atoms with Crippen molar-refractivity contribution in [1.29, 1.82) is 0 Å². The third-order valence-electron chi connectivity index (χ3n) is 2.39. The van der Waals surface area contributed by atoms with E-state index in [9.17, 15) is 0 Å². The lowest BCUT2D eigenvalue weighted by atomic mass is 10.3. The van der Waals surface area contributed by atoms with Crippen molar-refractivity contribution in [2.45, 2.75) is 12.6 Å². The van der Waals surface area contributed by atoms with Crippen molar-refractivity contribution in [3.8, 4) is 0 Å². The van der Waals surface area contributed by atoms with E-state index in [1.54, 1.807) is 18.9 Å². The molecule has 0 spiro atoms. The third-order valence-corrected chi connectivity index (χ3v) is 2.39. The lowest BCUT2D eigenvalue weighted by Gasteiger charge is -2.13. The minimum absolute atomic E-state index is 0.110. The minimum atomic E-state index is -0.110. The summed E-state index contributed by atoms with van der Waals surface area (Å²) in [5, 5.41) is 7.91. The highest BCUT2D eigenvalue weighted by molar-refractivity contribution is 5.80. The van der Waals surface area contributed by atoms with E-state index < -0.39 is 0 Å². The van der Waals surface area contributed by atoms with Crippen LogP contribution in [0.2, 0.25) is 0 Å². The Kier molecular flexibility index (Phi) is 3.45. The van der Waals surface area contributed by atoms with Crippen molar-refractivity contribution in [3.63, 3.8) is 0 Å². The maximum absolute atomic E-state index is 5.67. The van der Waals surface area contributed by atoms with Gasteiger partial charge in [0.05, 0.1) is 13.2 Å². The van der Waals surface area contributed by atoms with E-state index in [0.29, 0.717) is 30.1 Å². The van der Waals surface area contributed by atoms with Gasteiger partial charge in [0, 0.05) is 14.2 Å². The van der Waals surface area contributed by atoms with Gasteiger partial charge in [-0.05, 0) is 0 Å². The van der Waals surface area contributed by atoms with Crippen LogP contribution in [0.4, 0.5) is 5.82 Å². The molecule has 0 bridgehead atoms. The maximum Gasteiger partial charge on any atom is 0.183 e. The van der Waals surface area contributed by atoms with E-state index in [-0.39, 0.29) is 6.10 Å². The molecule has 0 amide bonds. The summed E-state index contributed by atoms with van der Waals surface area (Å²) in [7, 11) is 3.23. The first-order valence-corrected chi connectivity index (χ1v) is 5.07. The monoisotopic (exact) mass is 238 g/mol. The first-order chi connectivity index (χ1) is 8.26. The van der Waals surface area contributed by atoms with E-state index in [2.05, 4.69) is 20.3 Å². The zero-order valence-electron chi connectivity index (χ0n) is 9.70. The van der Waals surface area contributed by atoms with Crippen LogP contribution < -0.4 is 5.73 Å². The molecule has 2 rings (SSSR count). The Balaban J connectivity index is 2.27. The minimum Gasteiger partial charge on any atom is -0.382 e. The summed E-state index contributed by atoms with van der Waals surface area (Å²) in [4.78, 5) is 7.95. The Hall–Kier alpha value is -1.80. The number of aromatic nitrogens is 5. The van der Waals surface area contributed by atoms with Crippen LogP contribution in [0.25, 0.3) is 11.2 Å². The molecule has 1 atom stereocenters. The van der Waals surface area contributed by atoms with Gasteiger partial charge in [0.15, 0.2) is 17.0 Å². The molecule has 0 fully saturated rings. The van der Waals surface area contributed by atoms with Crippen LogP contribution in [0.3, 0.4) is 0 Å². The van der Waals surface area contributed by atoms with Gasteiger partial charge in [0.2, 0.25) is 0 Å². The maximum atomic E-state index is 5.67. The molecule has 0 saturated carbocycles. The SMILES string of the molecule is COCC(Cn1nnc2c(N)ncnc21)OC. The van der Waals surface area contributed by atoms with Crippen LogP contribution in [-0.2, 0) is 16.0 Å². The molecule has 0 aliphatic carbocycles. The molecule has 0 aliphatic rings. The van der Waals surface area contributed by atoms with Gasteiger partial charge in [-0.3, -0.25) is 0 Å². The fourth-order valence-electron chi connectivity index (χ4n) is 1.51. The summed E-state index contributed by atoms with van der Waals surface area (Å²) in [5.74, 6) is 0.321. The second-order valence-electron chi connectivity index (χ2n) is 3.52. The van der Waals surface area contributed by atoms with Crippen molar-refractivity contribution in [2.24, 2.45) is 0 Å². The van der Waals surface area contributed by atoms with Gasteiger partial charge in [-0.1, -0.05) is 5.21 Å². The Morgan fingerprint density at radius 1 is 1.41 bits per heavy atom. The number of hydrogen-bond donors (Lipinski definition) is 1. The number of rotatable bonds is 5. The second-order valence-corrected chi connectivity index (χ2v) is 3.52. The Morgan fingerprint density at radius 2 is 2.24 bits per heavy atom. The quantitative estimate of drug-likeness (QED) is 0.746. The average molecular weight is 238 g/mol. The molecule has 2 N–H and O–H groups in total. The van der Waals surface area contributed by atoms with Crippen LogP contribution in [0.15, 0.2) is 6.33 Å². The molecule has 92 valence electrons. The van der Waals surface area contributed by atoms with Gasteiger partial charge >= 0.3 is 0 Å². The first kappa shape index (κ1) is 11.7. The molecule has 8 nitrogen and oxygen atoms in total. The summed E-state index contributed by atoms with van der Waals surface area (Å²) in [6.45, 7) is 0.968. The zero-order valence-corrected chi connectivity index (χ0v) is 9.70.